The van der Waals surface area contributed by atoms with Crippen molar-refractivity contribution in [3.05, 3.63) is 113 Å². The van der Waals surface area contributed by atoms with Crippen LogP contribution >= 0.6 is 11.6 Å². The largest absolute Gasteiger partial charge is 0.398 e. The number of nitrogens with zero attached hydrogens (tertiary/aromatic N) is 1. The highest BCUT2D eigenvalue weighted by molar-refractivity contribution is 6.35. The van der Waals surface area contributed by atoms with E-state index in [9.17, 15) is 0 Å². The second-order valence-electron chi connectivity index (χ2n) is 8.08. The van der Waals surface area contributed by atoms with Crippen molar-refractivity contribution in [1.82, 2.24) is 5.32 Å². The topological polar surface area (TPSA) is 62.4 Å². The van der Waals surface area contributed by atoms with Crippen LogP contribution in [0.1, 0.15) is 30.0 Å². The molecule has 0 amide bonds. The number of nitrogens with one attached hydrogen (secondary N) is 2. The number of amidine groups is 1. The molecule has 4 aromatic rings. The predicted molar refractivity (Wildman–Crippen MR) is 147 cm³/mol. The molecule has 0 bridgehead atoms. The molecule has 0 saturated carbocycles. The minimum absolute atomic E-state index is 0.470. The van der Waals surface area contributed by atoms with E-state index in [0.29, 0.717) is 18.1 Å². The number of benzene rings is 4. The molecule has 4 rings (SSSR count). The van der Waals surface area contributed by atoms with Crippen LogP contribution in [-0.2, 0) is 6.54 Å². The number of nitrogens with two attached hydrogens (primary N) is 1. The van der Waals surface area contributed by atoms with Gasteiger partial charge in [-0.15, -0.1) is 0 Å². The highest BCUT2D eigenvalue weighted by atomic mass is 35.5. The number of rotatable bonds is 8. The minimum Gasteiger partial charge on any atom is -0.398 e. The lowest BCUT2D eigenvalue weighted by molar-refractivity contribution is 0.978. The number of nitrogen functional groups attached to an aromatic ring is 1. The quantitative estimate of drug-likeness (QED) is 0.147. The van der Waals surface area contributed by atoms with Crippen molar-refractivity contribution in [3.63, 3.8) is 0 Å². The third-order valence-corrected chi connectivity index (χ3v) is 6.00. The third kappa shape index (κ3) is 5.24. The molecule has 4 aromatic carbocycles. The maximum Gasteiger partial charge on any atom is 0.135 e. The summed E-state index contributed by atoms with van der Waals surface area (Å²) in [6, 6.07) is 27.9. The van der Waals surface area contributed by atoms with Gasteiger partial charge in [-0.25, -0.2) is 0 Å². The van der Waals surface area contributed by atoms with Gasteiger partial charge in [0.1, 0.15) is 5.84 Å². The van der Waals surface area contributed by atoms with Crippen LogP contribution in [0, 0.1) is 0 Å². The molecule has 0 spiro atoms. The normalized spacial score (nSPS) is 11.4. The van der Waals surface area contributed by atoms with Crippen molar-refractivity contribution in [2.24, 2.45) is 4.99 Å². The molecule has 0 aliphatic rings. The standard InChI is InChI=1S/C29H29ClN4/c1-3-18-32-28-15-9-7-10-22(28)20(2)34-29(25-13-6-8-14-27(25)31)33-19-21-16-17-26(30)24-12-5-4-11-23(21)24/h4-17,32H,2-3,18-19,31H2,1H3,(H,33,34). The first kappa shape index (κ1) is 23.4. The Bertz CT molecular complexity index is 1340. The van der Waals surface area contributed by atoms with Gasteiger partial charge < -0.3 is 16.4 Å². The van der Waals surface area contributed by atoms with Gasteiger partial charge in [-0.2, -0.15) is 0 Å². The molecular formula is C29H29ClN4. The third-order valence-electron chi connectivity index (χ3n) is 5.67. The van der Waals surface area contributed by atoms with Gasteiger partial charge in [0.05, 0.1) is 6.54 Å². The Hall–Kier alpha value is -3.76. The van der Waals surface area contributed by atoms with Gasteiger partial charge in [-0.1, -0.05) is 85.8 Å². The summed E-state index contributed by atoms with van der Waals surface area (Å²) in [5, 5.41) is 9.76. The Kier molecular flexibility index (Phi) is 7.51. The molecule has 0 heterocycles. The van der Waals surface area contributed by atoms with E-state index in [1.165, 1.54) is 0 Å². The highest BCUT2D eigenvalue weighted by Crippen LogP contribution is 2.27. The maximum atomic E-state index is 6.41. The average Bonchev–Trinajstić information content (AvgIpc) is 2.87. The molecule has 0 aromatic heterocycles. The van der Waals surface area contributed by atoms with Crippen LogP contribution < -0.4 is 16.4 Å². The number of hydrogen-bond acceptors (Lipinski definition) is 3. The van der Waals surface area contributed by atoms with Crippen molar-refractivity contribution < 1.29 is 0 Å². The molecule has 0 aliphatic carbocycles. The number of aliphatic imine (C=N–C) groups is 1. The summed E-state index contributed by atoms with van der Waals surface area (Å²) in [6.07, 6.45) is 1.04. The number of halogens is 1. The fraction of sp³-hybridized carbons (Fsp3) is 0.138. The van der Waals surface area contributed by atoms with Gasteiger partial charge in [-0.05, 0) is 41.6 Å². The molecule has 0 aliphatic heterocycles. The van der Waals surface area contributed by atoms with Crippen molar-refractivity contribution in [3.8, 4) is 0 Å². The van der Waals surface area contributed by atoms with Crippen molar-refractivity contribution in [2.75, 3.05) is 17.6 Å². The van der Waals surface area contributed by atoms with E-state index in [2.05, 4.69) is 36.3 Å². The van der Waals surface area contributed by atoms with E-state index in [1.54, 1.807) is 0 Å². The van der Waals surface area contributed by atoms with Crippen molar-refractivity contribution in [2.45, 2.75) is 19.9 Å². The Balaban J connectivity index is 1.70. The summed E-state index contributed by atoms with van der Waals surface area (Å²) >= 11 is 6.41. The molecule has 0 fully saturated rings. The van der Waals surface area contributed by atoms with E-state index in [1.807, 2.05) is 72.8 Å². The summed E-state index contributed by atoms with van der Waals surface area (Å²) in [4.78, 5) is 4.96. The lowest BCUT2D eigenvalue weighted by atomic mass is 10.0. The van der Waals surface area contributed by atoms with Crippen LogP contribution in [0.25, 0.3) is 16.5 Å². The predicted octanol–water partition coefficient (Wildman–Crippen LogP) is 7.10. The number of anilines is 2. The van der Waals surface area contributed by atoms with Crippen LogP contribution in [-0.4, -0.2) is 12.4 Å². The summed E-state index contributed by atoms with van der Waals surface area (Å²) in [6.45, 7) is 7.82. The first-order chi connectivity index (χ1) is 16.6. The summed E-state index contributed by atoms with van der Waals surface area (Å²) in [5.74, 6) is 0.674. The van der Waals surface area contributed by atoms with Gasteiger partial charge in [0.2, 0.25) is 0 Å². The second kappa shape index (κ2) is 10.9. The SMILES string of the molecule is C=C(NC(=NCc1ccc(Cl)c2ccccc12)c1ccccc1N)c1ccccc1NCCC. The lowest BCUT2D eigenvalue weighted by Crippen LogP contribution is -2.24. The molecule has 0 saturated heterocycles. The number of para-hydroxylation sites is 2. The van der Waals surface area contributed by atoms with Gasteiger partial charge in [0, 0.05) is 45.2 Å². The first-order valence-electron chi connectivity index (χ1n) is 11.4. The fourth-order valence-electron chi connectivity index (χ4n) is 3.90. The van der Waals surface area contributed by atoms with Crippen molar-refractivity contribution in [1.29, 1.82) is 0 Å². The molecule has 0 radical (unpaired) electrons. The van der Waals surface area contributed by atoms with Crippen LogP contribution in [0.3, 0.4) is 0 Å². The van der Waals surface area contributed by atoms with Crippen LogP contribution in [0.15, 0.2) is 96.5 Å². The molecule has 0 atom stereocenters. The zero-order valence-corrected chi connectivity index (χ0v) is 20.1. The summed E-state index contributed by atoms with van der Waals surface area (Å²) in [7, 11) is 0. The number of fused-ring (bicyclic) bond motifs is 1. The number of hydrogen-bond donors (Lipinski definition) is 3. The molecule has 0 unspecified atom stereocenters. The zero-order valence-electron chi connectivity index (χ0n) is 19.3. The van der Waals surface area contributed by atoms with E-state index < -0.39 is 0 Å². The molecule has 4 N–H and O–H groups in total. The van der Waals surface area contributed by atoms with Gasteiger partial charge >= 0.3 is 0 Å². The molecule has 34 heavy (non-hydrogen) atoms. The molecular weight excluding hydrogens is 440 g/mol. The maximum absolute atomic E-state index is 6.41. The van der Waals surface area contributed by atoms with Gasteiger partial charge in [0.15, 0.2) is 0 Å². The van der Waals surface area contributed by atoms with Gasteiger partial charge in [-0.3, -0.25) is 4.99 Å². The average molecular weight is 469 g/mol. The highest BCUT2D eigenvalue weighted by Gasteiger charge is 2.12. The van der Waals surface area contributed by atoms with Crippen molar-refractivity contribution >= 4 is 45.3 Å². The van der Waals surface area contributed by atoms with Crippen LogP contribution in [0.5, 0.6) is 0 Å². The smallest absolute Gasteiger partial charge is 0.135 e. The Morgan fingerprint density at radius 1 is 0.882 bits per heavy atom. The first-order valence-corrected chi connectivity index (χ1v) is 11.8. The van der Waals surface area contributed by atoms with E-state index >= 15 is 0 Å². The monoisotopic (exact) mass is 468 g/mol. The molecule has 5 heteroatoms. The van der Waals surface area contributed by atoms with E-state index in [0.717, 1.165) is 56.8 Å². The lowest BCUT2D eigenvalue weighted by Gasteiger charge is -2.18. The van der Waals surface area contributed by atoms with E-state index in [-0.39, 0.29) is 0 Å². The summed E-state index contributed by atoms with van der Waals surface area (Å²) < 4.78 is 0. The Labute approximate surface area is 206 Å². The van der Waals surface area contributed by atoms with Gasteiger partial charge in [0.25, 0.3) is 0 Å². The van der Waals surface area contributed by atoms with Crippen LogP contribution in [0.4, 0.5) is 11.4 Å². The zero-order chi connectivity index (χ0) is 23.9. The second-order valence-corrected chi connectivity index (χ2v) is 8.49. The Morgan fingerprint density at radius 2 is 1.56 bits per heavy atom. The minimum atomic E-state index is 0.470. The molecule has 4 nitrogen and oxygen atoms in total. The fourth-order valence-corrected chi connectivity index (χ4v) is 4.13. The molecule has 172 valence electrons. The van der Waals surface area contributed by atoms with E-state index in [4.69, 9.17) is 22.3 Å². The van der Waals surface area contributed by atoms with Crippen LogP contribution in [0.2, 0.25) is 5.02 Å². The summed E-state index contributed by atoms with van der Waals surface area (Å²) in [5.41, 5.74) is 11.7. The Morgan fingerprint density at radius 3 is 2.32 bits per heavy atom.